The second-order valence-electron chi connectivity index (χ2n) is 5.12. The maximum Gasteiger partial charge on any atom is 1.00 e. The van der Waals surface area contributed by atoms with Crippen LogP contribution in [0.5, 0.6) is 0 Å². The van der Waals surface area contributed by atoms with Crippen LogP contribution in [0.15, 0.2) is 12.1 Å². The van der Waals surface area contributed by atoms with Crippen molar-refractivity contribution in [2.45, 2.75) is 39.2 Å². The summed E-state index contributed by atoms with van der Waals surface area (Å²) in [6.45, 7) is 3.23. The van der Waals surface area contributed by atoms with Crippen LogP contribution in [0, 0.1) is 5.92 Å². The van der Waals surface area contributed by atoms with Crippen molar-refractivity contribution in [2.24, 2.45) is 5.92 Å². The van der Waals surface area contributed by atoms with Crippen LogP contribution >= 0.6 is 0 Å². The Kier molecular flexibility index (Phi) is 8.24. The molecular weight excluding hydrogens is 253 g/mol. The summed E-state index contributed by atoms with van der Waals surface area (Å²) >= 11 is 0. The van der Waals surface area contributed by atoms with E-state index in [0.717, 1.165) is 25.8 Å². The molecule has 1 fully saturated rings. The number of hydrogen-bond acceptors (Lipinski definition) is 1. The summed E-state index contributed by atoms with van der Waals surface area (Å²) in [5, 5.41) is 0. The van der Waals surface area contributed by atoms with E-state index in [-0.39, 0.29) is 57.9 Å². The largest absolute Gasteiger partial charge is 1.00 e. The minimum atomic E-state index is -4.87. The minimum absolute atomic E-state index is 0. The van der Waals surface area contributed by atoms with Gasteiger partial charge >= 0.3 is 58.4 Å². The molecule has 6 heteroatoms. The number of halogens is 3. The third-order valence-corrected chi connectivity index (χ3v) is 2.93. The number of rotatable bonds is 7. The molecule has 0 heterocycles. The molecule has 1 aliphatic rings. The van der Waals surface area contributed by atoms with E-state index in [1.165, 1.54) is 0 Å². The molecule has 0 N–H and O–H groups in total. The molecule has 1 nitrogen and oxygen atoms in total. The van der Waals surface area contributed by atoms with Crippen molar-refractivity contribution in [3.05, 3.63) is 12.1 Å². The van der Waals surface area contributed by atoms with Crippen LogP contribution in [0.2, 0.25) is 0 Å². The predicted octanol–water partition coefficient (Wildman–Crippen LogP) is 0.444. The van der Waals surface area contributed by atoms with Gasteiger partial charge < -0.3 is 12.9 Å². The van der Waals surface area contributed by atoms with Gasteiger partial charge in [0.15, 0.2) is 0 Å². The third kappa shape index (κ3) is 7.38. The second-order valence-corrected chi connectivity index (χ2v) is 5.12. The smallest absolute Gasteiger partial charge is 0.445 e. The molecule has 0 aromatic heterocycles. The van der Waals surface area contributed by atoms with Crippen molar-refractivity contribution >= 4 is 6.98 Å². The number of nitrogens with zero attached hydrogens (tertiary/aromatic N) is 1. The molecule has 0 atom stereocenters. The normalized spacial score (nSPS) is 16.2. The Bertz CT molecular complexity index is 252. The molecule has 1 aliphatic carbocycles. The fourth-order valence-electron chi connectivity index (χ4n) is 1.62. The summed E-state index contributed by atoms with van der Waals surface area (Å²) in [6.07, 6.45) is 3.03. The van der Waals surface area contributed by atoms with Crippen LogP contribution in [-0.4, -0.2) is 31.0 Å². The van der Waals surface area contributed by atoms with Gasteiger partial charge in [0.25, 0.3) is 0 Å². The summed E-state index contributed by atoms with van der Waals surface area (Å²) in [4.78, 5) is 1.94. The van der Waals surface area contributed by atoms with Gasteiger partial charge in [0.05, 0.1) is 0 Å². The van der Waals surface area contributed by atoms with E-state index in [0.29, 0.717) is 12.0 Å². The van der Waals surface area contributed by atoms with Crippen LogP contribution in [0.1, 0.15) is 33.1 Å². The zero-order chi connectivity index (χ0) is 12.3. The zero-order valence-electron chi connectivity index (χ0n) is 11.1. The first-order valence-electron chi connectivity index (χ1n) is 5.92. The molecule has 0 spiro atoms. The van der Waals surface area contributed by atoms with Gasteiger partial charge in [-0.1, -0.05) is 13.8 Å². The average molecular weight is 273 g/mol. The Morgan fingerprint density at radius 1 is 1.35 bits per heavy atom. The van der Waals surface area contributed by atoms with Crippen LogP contribution < -0.4 is 51.4 Å². The van der Waals surface area contributed by atoms with Crippen molar-refractivity contribution in [3.8, 4) is 0 Å². The summed E-state index contributed by atoms with van der Waals surface area (Å²) in [5.74, 6) is 0.533. The Balaban J connectivity index is 0.00000256. The first-order valence-corrected chi connectivity index (χ1v) is 5.92. The zero-order valence-corrected chi connectivity index (χ0v) is 14.2. The fourth-order valence-corrected chi connectivity index (χ4v) is 1.62. The van der Waals surface area contributed by atoms with Gasteiger partial charge in [-0.05, 0) is 38.3 Å². The van der Waals surface area contributed by atoms with E-state index < -0.39 is 12.4 Å². The van der Waals surface area contributed by atoms with Crippen molar-refractivity contribution in [1.29, 1.82) is 0 Å². The van der Waals surface area contributed by atoms with Gasteiger partial charge in [-0.2, -0.15) is 0 Å². The van der Waals surface area contributed by atoms with Crippen LogP contribution in [0.4, 0.5) is 12.9 Å². The van der Waals surface area contributed by atoms with E-state index in [1.54, 1.807) is 0 Å². The molecule has 0 aromatic rings. The van der Waals surface area contributed by atoms with Crippen LogP contribution in [0.3, 0.4) is 0 Å². The molecular formula is C11H20BF3KN. The Morgan fingerprint density at radius 3 is 2.24 bits per heavy atom. The summed E-state index contributed by atoms with van der Waals surface area (Å²) in [7, 11) is 0. The second kappa shape index (κ2) is 7.70. The van der Waals surface area contributed by atoms with Crippen molar-refractivity contribution in [2.75, 3.05) is 13.1 Å². The molecule has 0 radical (unpaired) electrons. The Morgan fingerprint density at radius 2 is 1.88 bits per heavy atom. The van der Waals surface area contributed by atoms with Gasteiger partial charge in [-0.25, -0.2) is 0 Å². The van der Waals surface area contributed by atoms with Crippen molar-refractivity contribution in [1.82, 2.24) is 4.90 Å². The molecule has 17 heavy (non-hydrogen) atoms. The SMILES string of the molecule is C=C(CN(CCC(C)C)C1CC1)[B-](F)(F)F.[K+]. The standard InChI is InChI=1S/C11H20BF3N.K/c1-9(2)6-7-16(11-4-5-11)8-10(3)12(13,14)15;/h9,11H,3-8H2,1-2H3;/q-1;+1. The molecule has 0 amide bonds. The molecule has 0 unspecified atom stereocenters. The molecule has 0 saturated heterocycles. The molecule has 0 aliphatic heterocycles. The molecule has 94 valence electrons. The van der Waals surface area contributed by atoms with E-state index >= 15 is 0 Å². The van der Waals surface area contributed by atoms with Crippen molar-refractivity contribution < 1.29 is 64.3 Å². The minimum Gasteiger partial charge on any atom is -0.445 e. The first-order chi connectivity index (χ1) is 7.30. The predicted molar refractivity (Wildman–Crippen MR) is 62.3 cm³/mol. The Labute approximate surface area is 145 Å². The summed E-state index contributed by atoms with van der Waals surface area (Å²) in [6, 6.07) is 0.369. The monoisotopic (exact) mass is 273 g/mol. The van der Waals surface area contributed by atoms with Crippen LogP contribution in [-0.2, 0) is 0 Å². The number of hydrogen-bond donors (Lipinski definition) is 0. The third-order valence-electron chi connectivity index (χ3n) is 2.93. The van der Waals surface area contributed by atoms with Crippen LogP contribution in [0.25, 0.3) is 0 Å². The molecule has 0 bridgehead atoms. The van der Waals surface area contributed by atoms with E-state index in [2.05, 4.69) is 20.4 Å². The average Bonchev–Trinajstić information content (AvgIpc) is 2.92. The van der Waals surface area contributed by atoms with Gasteiger partial charge in [-0.15, -0.1) is 12.1 Å². The van der Waals surface area contributed by atoms with Gasteiger partial charge in [-0.3, -0.25) is 4.90 Å². The van der Waals surface area contributed by atoms with E-state index in [1.807, 2.05) is 4.90 Å². The van der Waals surface area contributed by atoms with E-state index in [4.69, 9.17) is 0 Å². The Hall–Kier alpha value is 1.19. The van der Waals surface area contributed by atoms with Gasteiger partial charge in [0, 0.05) is 6.04 Å². The molecule has 1 saturated carbocycles. The first kappa shape index (κ1) is 18.2. The van der Waals surface area contributed by atoms with E-state index in [9.17, 15) is 12.9 Å². The fraction of sp³-hybridized carbons (Fsp3) is 0.818. The van der Waals surface area contributed by atoms with Crippen molar-refractivity contribution in [3.63, 3.8) is 0 Å². The summed E-state index contributed by atoms with van der Waals surface area (Å²) in [5.41, 5.74) is -0.560. The molecule has 0 aromatic carbocycles. The molecule has 1 rings (SSSR count). The van der Waals surface area contributed by atoms with Gasteiger partial charge in [0.1, 0.15) is 0 Å². The maximum absolute atomic E-state index is 12.4. The van der Waals surface area contributed by atoms with Gasteiger partial charge in [0.2, 0.25) is 0 Å². The maximum atomic E-state index is 12.4. The summed E-state index contributed by atoms with van der Waals surface area (Å²) < 4.78 is 37.3. The quantitative estimate of drug-likeness (QED) is 0.609. The topological polar surface area (TPSA) is 3.24 Å².